The summed E-state index contributed by atoms with van der Waals surface area (Å²) in [6, 6.07) is 34.0. The Hall–Kier alpha value is -5.21. The summed E-state index contributed by atoms with van der Waals surface area (Å²) in [4.78, 5) is 32.9. The quantitative estimate of drug-likeness (QED) is 0.183. The molecule has 0 fully saturated rings. The number of aromatic nitrogens is 1. The highest BCUT2D eigenvalue weighted by Crippen LogP contribution is 2.31. The second-order valence-electron chi connectivity index (χ2n) is 12.4. The normalized spacial score (nSPS) is 14.7. The van der Waals surface area contributed by atoms with Gasteiger partial charge in [0.15, 0.2) is 4.80 Å². The topological polar surface area (TPSA) is 81.9 Å². The van der Waals surface area contributed by atoms with E-state index in [9.17, 15) is 9.59 Å². The highest BCUT2D eigenvalue weighted by atomic mass is 32.1. The van der Waals surface area contributed by atoms with Gasteiger partial charge in [0.05, 0.1) is 21.8 Å². The Bertz CT molecular complexity index is 2070. The molecule has 1 aromatic heterocycles. The van der Waals surface area contributed by atoms with Crippen LogP contribution in [-0.2, 0) is 10.2 Å². The minimum Gasteiger partial charge on any atom is -0.490 e. The number of carbonyl (C=O) groups is 1. The summed E-state index contributed by atoms with van der Waals surface area (Å²) in [5, 5.41) is 2.98. The fourth-order valence-electron chi connectivity index (χ4n) is 5.46. The van der Waals surface area contributed by atoms with Crippen molar-refractivity contribution in [2.75, 3.05) is 18.5 Å². The van der Waals surface area contributed by atoms with Gasteiger partial charge in [-0.2, -0.15) is 0 Å². The average Bonchev–Trinajstić information content (AvgIpc) is 3.37. The number of thiazole rings is 1. The summed E-state index contributed by atoms with van der Waals surface area (Å²) < 4.78 is 13.9. The molecule has 6 rings (SSSR count). The maximum Gasteiger partial charge on any atom is 0.271 e. The first kappa shape index (κ1) is 31.8. The fourth-order valence-corrected chi connectivity index (χ4v) is 6.51. The predicted octanol–water partition coefficient (Wildman–Crippen LogP) is 6.63. The van der Waals surface area contributed by atoms with Crippen molar-refractivity contribution in [3.63, 3.8) is 0 Å². The van der Waals surface area contributed by atoms with Crippen LogP contribution in [0.1, 0.15) is 50.4 Å². The van der Waals surface area contributed by atoms with E-state index in [1.165, 1.54) is 16.9 Å². The number of benzene rings is 4. The van der Waals surface area contributed by atoms with Crippen LogP contribution in [0.4, 0.5) is 5.69 Å². The first-order chi connectivity index (χ1) is 22.7. The van der Waals surface area contributed by atoms with Crippen molar-refractivity contribution in [1.82, 2.24) is 4.57 Å². The lowest BCUT2D eigenvalue weighted by molar-refractivity contribution is -0.113. The van der Waals surface area contributed by atoms with Gasteiger partial charge in [-0.3, -0.25) is 14.2 Å². The van der Waals surface area contributed by atoms with Crippen LogP contribution in [0.5, 0.6) is 11.5 Å². The molecule has 0 bridgehead atoms. The number of fused-ring (bicyclic) bond motifs is 1. The number of carbonyl (C=O) groups excluding carboxylic acids is 1. The Labute approximate surface area is 278 Å². The van der Waals surface area contributed by atoms with Crippen LogP contribution in [0.2, 0.25) is 0 Å². The molecule has 5 aromatic rings. The number of nitrogens with one attached hydrogen (secondary N) is 1. The maximum atomic E-state index is 13.9. The molecule has 0 spiro atoms. The number of amides is 1. The molecule has 1 aliphatic rings. The summed E-state index contributed by atoms with van der Waals surface area (Å²) in [5.41, 5.74) is 4.53. The Morgan fingerprint density at radius 2 is 1.43 bits per heavy atom. The molecule has 4 aromatic carbocycles. The van der Waals surface area contributed by atoms with Crippen LogP contribution in [0, 0.1) is 0 Å². The Morgan fingerprint density at radius 1 is 0.851 bits per heavy atom. The maximum absolute atomic E-state index is 13.9. The third kappa shape index (κ3) is 7.28. The molecule has 7 nitrogen and oxygen atoms in total. The van der Waals surface area contributed by atoms with Crippen LogP contribution < -0.4 is 29.7 Å². The van der Waals surface area contributed by atoms with Gasteiger partial charge in [-0.25, -0.2) is 4.99 Å². The zero-order valence-corrected chi connectivity index (χ0v) is 27.7. The van der Waals surface area contributed by atoms with Gasteiger partial charge in [0.25, 0.3) is 11.5 Å². The van der Waals surface area contributed by atoms with Gasteiger partial charge < -0.3 is 14.8 Å². The average molecular weight is 644 g/mol. The molecule has 0 radical (unpaired) electrons. The molecular formula is C39H37N3O4S. The number of nitrogens with zero attached hydrogens (tertiary/aromatic N) is 2. The SMILES string of the molecule is CC1=C(C(=O)Nc2ccccc2)[C@H](c2ccccc2)n2c(sc(=Cc3ccc(OCCOc4ccc(C(C)(C)C)cc4)cc3)c2=O)=N1. The monoisotopic (exact) mass is 643 g/mol. The van der Waals surface area contributed by atoms with E-state index >= 15 is 0 Å². The third-order valence-corrected chi connectivity index (χ3v) is 8.92. The molecule has 238 valence electrons. The standard InChI is InChI=1S/C39H37N3O4S/c1-26-34(36(43)41-30-13-9-6-10-14-30)35(28-11-7-5-8-12-28)42-37(44)33(47-38(42)40-26)25-27-15-19-31(20-16-27)45-23-24-46-32-21-17-29(18-22-32)39(2,3)4/h5-22,25,35H,23-24H2,1-4H3,(H,41,43)/t35-/m0/s1. The van der Waals surface area contributed by atoms with Crippen molar-refractivity contribution in [3.8, 4) is 11.5 Å². The highest BCUT2D eigenvalue weighted by molar-refractivity contribution is 7.07. The van der Waals surface area contributed by atoms with Gasteiger partial charge in [0.1, 0.15) is 24.7 Å². The third-order valence-electron chi connectivity index (χ3n) is 7.93. The van der Waals surface area contributed by atoms with E-state index in [2.05, 4.69) is 38.2 Å². The number of anilines is 1. The predicted molar refractivity (Wildman–Crippen MR) is 188 cm³/mol. The molecular weight excluding hydrogens is 607 g/mol. The second-order valence-corrected chi connectivity index (χ2v) is 13.4. The molecule has 1 N–H and O–H groups in total. The van der Waals surface area contributed by atoms with Crippen molar-refractivity contribution < 1.29 is 14.3 Å². The number of hydrogen-bond acceptors (Lipinski definition) is 6. The summed E-state index contributed by atoms with van der Waals surface area (Å²) in [6.07, 6.45) is 1.85. The van der Waals surface area contributed by atoms with Crippen molar-refractivity contribution >= 4 is 29.0 Å². The van der Waals surface area contributed by atoms with Crippen LogP contribution in [-0.4, -0.2) is 23.7 Å². The Kier molecular flexibility index (Phi) is 9.22. The molecule has 0 unspecified atom stereocenters. The molecule has 0 saturated heterocycles. The Morgan fingerprint density at radius 3 is 2.02 bits per heavy atom. The van der Waals surface area contributed by atoms with Crippen LogP contribution >= 0.6 is 11.3 Å². The lowest BCUT2D eigenvalue weighted by Gasteiger charge is -2.25. The molecule has 1 aliphatic heterocycles. The van der Waals surface area contributed by atoms with Crippen LogP contribution in [0.25, 0.3) is 6.08 Å². The lowest BCUT2D eigenvalue weighted by Crippen LogP contribution is -2.40. The largest absolute Gasteiger partial charge is 0.490 e. The Balaban J connectivity index is 1.19. The van der Waals surface area contributed by atoms with E-state index in [1.54, 1.807) is 4.57 Å². The highest BCUT2D eigenvalue weighted by Gasteiger charge is 2.32. The molecule has 1 atom stereocenters. The lowest BCUT2D eigenvalue weighted by atomic mass is 9.87. The number of ether oxygens (including phenoxy) is 2. The van der Waals surface area contributed by atoms with E-state index in [0.717, 1.165) is 16.9 Å². The molecule has 2 heterocycles. The zero-order valence-electron chi connectivity index (χ0n) is 26.9. The van der Waals surface area contributed by atoms with Crippen LogP contribution in [0.3, 0.4) is 0 Å². The van der Waals surface area contributed by atoms with Gasteiger partial charge in [-0.05, 0) is 71.5 Å². The minimum absolute atomic E-state index is 0.0999. The fraction of sp³-hybridized carbons (Fsp3) is 0.205. The van der Waals surface area contributed by atoms with Crippen molar-refractivity contribution in [2.45, 2.75) is 39.2 Å². The molecule has 0 saturated carbocycles. The van der Waals surface area contributed by atoms with Gasteiger partial charge in [-0.1, -0.05) is 105 Å². The summed E-state index contributed by atoms with van der Waals surface area (Å²) in [7, 11) is 0. The van der Waals surface area contributed by atoms with Crippen molar-refractivity contribution in [1.29, 1.82) is 0 Å². The van der Waals surface area contributed by atoms with Crippen LogP contribution in [0.15, 0.2) is 130 Å². The first-order valence-electron chi connectivity index (χ1n) is 15.6. The van der Waals surface area contributed by atoms with Gasteiger partial charge >= 0.3 is 0 Å². The van der Waals surface area contributed by atoms with Crippen molar-refractivity contribution in [2.24, 2.45) is 4.99 Å². The molecule has 0 aliphatic carbocycles. The zero-order chi connectivity index (χ0) is 33.0. The smallest absolute Gasteiger partial charge is 0.271 e. The summed E-state index contributed by atoms with van der Waals surface area (Å²) in [6.45, 7) is 9.20. The number of rotatable bonds is 9. The van der Waals surface area contributed by atoms with E-state index in [1.807, 2.05) is 110 Å². The van der Waals surface area contributed by atoms with Gasteiger partial charge in [-0.15, -0.1) is 0 Å². The minimum atomic E-state index is -0.618. The van der Waals surface area contributed by atoms with E-state index < -0.39 is 6.04 Å². The molecule has 8 heteroatoms. The first-order valence-corrected chi connectivity index (χ1v) is 16.4. The molecule has 47 heavy (non-hydrogen) atoms. The number of para-hydroxylation sites is 1. The number of allylic oxidation sites excluding steroid dienone is 1. The van der Waals surface area contributed by atoms with Gasteiger partial charge in [0, 0.05) is 5.69 Å². The second kappa shape index (κ2) is 13.6. The van der Waals surface area contributed by atoms with E-state index in [4.69, 9.17) is 14.5 Å². The summed E-state index contributed by atoms with van der Waals surface area (Å²) in [5.74, 6) is 1.23. The van der Waals surface area contributed by atoms with E-state index in [-0.39, 0.29) is 16.9 Å². The van der Waals surface area contributed by atoms with E-state index in [0.29, 0.717) is 45.3 Å². The van der Waals surface area contributed by atoms with Crippen molar-refractivity contribution in [3.05, 3.63) is 157 Å². The van der Waals surface area contributed by atoms with Gasteiger partial charge in [0.2, 0.25) is 0 Å². The molecule has 1 amide bonds. The number of hydrogen-bond donors (Lipinski definition) is 1. The summed E-state index contributed by atoms with van der Waals surface area (Å²) >= 11 is 1.31.